The van der Waals surface area contributed by atoms with Gasteiger partial charge in [0.1, 0.15) is 0 Å². The smallest absolute Gasteiger partial charge is 0.407 e. The van der Waals surface area contributed by atoms with Gasteiger partial charge in [0, 0.05) is 0 Å². The number of ether oxygens (including phenoxy) is 1. The van der Waals surface area contributed by atoms with Crippen molar-refractivity contribution in [3.63, 3.8) is 0 Å². The fraction of sp³-hybridized carbons (Fsp3) is 0.462. The van der Waals surface area contributed by atoms with E-state index >= 15 is 0 Å². The van der Waals surface area contributed by atoms with E-state index in [4.69, 9.17) is 4.74 Å². The molecule has 0 aliphatic heterocycles. The minimum Gasteiger partial charge on any atom is -0.447 e. The summed E-state index contributed by atoms with van der Waals surface area (Å²) in [5.41, 5.74) is 0.768. The maximum Gasteiger partial charge on any atom is 0.407 e. The first-order valence-corrected chi connectivity index (χ1v) is 5.71. The van der Waals surface area contributed by atoms with Crippen LogP contribution < -0.4 is 5.32 Å². The Kier molecular flexibility index (Phi) is 4.97. The quantitative estimate of drug-likeness (QED) is 0.844. The van der Waals surface area contributed by atoms with Gasteiger partial charge in [-0.05, 0) is 26.3 Å². The number of amides is 1. The highest BCUT2D eigenvalue weighted by Crippen LogP contribution is 2.16. The number of alkyl carbamates (subject to hydrolysis) is 1. The fourth-order valence-electron chi connectivity index (χ4n) is 1.45. The van der Waals surface area contributed by atoms with E-state index in [2.05, 4.69) is 5.32 Å². The van der Waals surface area contributed by atoms with E-state index in [1.165, 1.54) is 0 Å². The third-order valence-corrected chi connectivity index (χ3v) is 2.30. The zero-order chi connectivity index (χ0) is 12.8. The molecule has 0 saturated heterocycles. The summed E-state index contributed by atoms with van der Waals surface area (Å²) in [4.78, 5) is 11.4. The van der Waals surface area contributed by atoms with Gasteiger partial charge in [-0.25, -0.2) is 4.79 Å². The van der Waals surface area contributed by atoms with Crippen LogP contribution in [0.4, 0.5) is 4.79 Å². The van der Waals surface area contributed by atoms with E-state index < -0.39 is 18.2 Å². The third kappa shape index (κ3) is 4.44. The van der Waals surface area contributed by atoms with Crippen molar-refractivity contribution in [3.05, 3.63) is 35.9 Å². The van der Waals surface area contributed by atoms with Crippen LogP contribution >= 0.6 is 0 Å². The maximum atomic E-state index is 11.4. The Morgan fingerprint density at radius 1 is 1.24 bits per heavy atom. The SMILES string of the molecule is CC(C)OC(=O)N[C@@H](C)C(O)c1ccccc1. The Hall–Kier alpha value is -1.55. The maximum absolute atomic E-state index is 11.4. The molecule has 0 fully saturated rings. The average Bonchev–Trinajstić information content (AvgIpc) is 2.28. The molecule has 1 unspecified atom stereocenters. The minimum absolute atomic E-state index is 0.170. The Labute approximate surface area is 102 Å². The molecule has 0 aliphatic rings. The number of hydrogen-bond donors (Lipinski definition) is 2. The van der Waals surface area contributed by atoms with Crippen molar-refractivity contribution in [1.82, 2.24) is 5.32 Å². The lowest BCUT2D eigenvalue weighted by Crippen LogP contribution is -2.38. The molecule has 0 aliphatic carbocycles. The largest absolute Gasteiger partial charge is 0.447 e. The Balaban J connectivity index is 2.53. The Morgan fingerprint density at radius 2 is 1.82 bits per heavy atom. The van der Waals surface area contributed by atoms with E-state index in [-0.39, 0.29) is 6.10 Å². The number of benzene rings is 1. The standard InChI is InChI=1S/C13H19NO3/c1-9(2)17-13(16)14-10(3)12(15)11-7-5-4-6-8-11/h4-10,12,15H,1-3H3,(H,14,16)/t10-,12?/m0/s1. The summed E-state index contributed by atoms with van der Waals surface area (Å²) in [5, 5.41) is 12.6. The van der Waals surface area contributed by atoms with Crippen LogP contribution in [0.3, 0.4) is 0 Å². The predicted molar refractivity (Wildman–Crippen MR) is 65.6 cm³/mol. The highest BCUT2D eigenvalue weighted by molar-refractivity contribution is 5.67. The summed E-state index contributed by atoms with van der Waals surface area (Å²) >= 11 is 0. The van der Waals surface area contributed by atoms with Gasteiger partial charge in [0.2, 0.25) is 0 Å². The molecule has 0 bridgehead atoms. The van der Waals surface area contributed by atoms with Crippen molar-refractivity contribution in [2.45, 2.75) is 39.0 Å². The van der Waals surface area contributed by atoms with E-state index in [0.29, 0.717) is 0 Å². The summed E-state index contributed by atoms with van der Waals surface area (Å²) in [6.07, 6.45) is -1.42. The van der Waals surface area contributed by atoms with Gasteiger partial charge in [-0.1, -0.05) is 30.3 Å². The predicted octanol–water partition coefficient (Wildman–Crippen LogP) is 2.24. The number of rotatable bonds is 4. The van der Waals surface area contributed by atoms with Crippen LogP contribution in [0.2, 0.25) is 0 Å². The molecule has 2 atom stereocenters. The molecule has 0 heterocycles. The van der Waals surface area contributed by atoms with Gasteiger partial charge in [-0.15, -0.1) is 0 Å². The molecule has 2 N–H and O–H groups in total. The van der Waals surface area contributed by atoms with Crippen LogP contribution in [0.25, 0.3) is 0 Å². The van der Waals surface area contributed by atoms with Crippen molar-refractivity contribution < 1.29 is 14.6 Å². The van der Waals surface area contributed by atoms with Crippen LogP contribution in [0.1, 0.15) is 32.4 Å². The molecule has 0 spiro atoms. The lowest BCUT2D eigenvalue weighted by atomic mass is 10.0. The molecule has 0 saturated carbocycles. The third-order valence-electron chi connectivity index (χ3n) is 2.30. The number of nitrogens with one attached hydrogen (secondary N) is 1. The lowest BCUT2D eigenvalue weighted by molar-refractivity contribution is 0.0926. The number of aliphatic hydroxyl groups is 1. The number of hydrogen-bond acceptors (Lipinski definition) is 3. The second-order valence-electron chi connectivity index (χ2n) is 4.24. The van der Waals surface area contributed by atoms with Gasteiger partial charge in [0.05, 0.1) is 18.2 Å². The number of aliphatic hydroxyl groups excluding tert-OH is 1. The highest BCUT2D eigenvalue weighted by Gasteiger charge is 2.19. The zero-order valence-electron chi connectivity index (χ0n) is 10.4. The fourth-order valence-corrected chi connectivity index (χ4v) is 1.45. The first-order chi connectivity index (χ1) is 8.00. The molecule has 1 amide bonds. The van der Waals surface area contributed by atoms with Gasteiger partial charge in [0.25, 0.3) is 0 Å². The van der Waals surface area contributed by atoms with E-state index in [1.54, 1.807) is 20.8 Å². The molecule has 17 heavy (non-hydrogen) atoms. The molecular weight excluding hydrogens is 218 g/mol. The summed E-state index contributed by atoms with van der Waals surface area (Å²) < 4.78 is 4.95. The van der Waals surface area contributed by atoms with Crippen molar-refractivity contribution in [2.75, 3.05) is 0 Å². The minimum atomic E-state index is -0.740. The molecule has 1 aromatic carbocycles. The van der Waals surface area contributed by atoms with Gasteiger partial charge < -0.3 is 15.2 Å². The molecule has 1 rings (SSSR count). The first kappa shape index (κ1) is 13.5. The van der Waals surface area contributed by atoms with Gasteiger partial charge >= 0.3 is 6.09 Å². The lowest BCUT2D eigenvalue weighted by Gasteiger charge is -2.21. The zero-order valence-corrected chi connectivity index (χ0v) is 10.4. The molecule has 0 aromatic heterocycles. The molecular formula is C13H19NO3. The summed E-state index contributed by atoms with van der Waals surface area (Å²) in [5.74, 6) is 0. The van der Waals surface area contributed by atoms with Crippen LogP contribution in [-0.2, 0) is 4.74 Å². The summed E-state index contributed by atoms with van der Waals surface area (Å²) in [6.45, 7) is 5.29. The van der Waals surface area contributed by atoms with Gasteiger partial charge in [0.15, 0.2) is 0 Å². The summed E-state index contributed by atoms with van der Waals surface area (Å²) in [6, 6.07) is 8.80. The van der Waals surface area contributed by atoms with Crippen molar-refractivity contribution >= 4 is 6.09 Å². The number of carbonyl (C=O) groups is 1. The number of carbonyl (C=O) groups excluding carboxylic acids is 1. The molecule has 4 nitrogen and oxygen atoms in total. The van der Waals surface area contributed by atoms with Gasteiger partial charge in [-0.2, -0.15) is 0 Å². The van der Waals surface area contributed by atoms with E-state index in [1.807, 2.05) is 30.3 Å². The van der Waals surface area contributed by atoms with Gasteiger partial charge in [-0.3, -0.25) is 0 Å². The molecule has 94 valence electrons. The summed E-state index contributed by atoms with van der Waals surface area (Å²) in [7, 11) is 0. The average molecular weight is 237 g/mol. The van der Waals surface area contributed by atoms with Crippen LogP contribution in [0.5, 0.6) is 0 Å². The molecule has 0 radical (unpaired) electrons. The van der Waals surface area contributed by atoms with Crippen LogP contribution in [0, 0.1) is 0 Å². The van der Waals surface area contributed by atoms with E-state index in [0.717, 1.165) is 5.56 Å². The Morgan fingerprint density at radius 3 is 2.35 bits per heavy atom. The highest BCUT2D eigenvalue weighted by atomic mass is 16.6. The molecule has 1 aromatic rings. The second kappa shape index (κ2) is 6.25. The van der Waals surface area contributed by atoms with Crippen LogP contribution in [-0.4, -0.2) is 23.3 Å². The second-order valence-corrected chi connectivity index (χ2v) is 4.24. The monoisotopic (exact) mass is 237 g/mol. The van der Waals surface area contributed by atoms with Crippen molar-refractivity contribution in [2.24, 2.45) is 0 Å². The topological polar surface area (TPSA) is 58.6 Å². The van der Waals surface area contributed by atoms with Crippen molar-refractivity contribution in [3.8, 4) is 0 Å². The van der Waals surface area contributed by atoms with E-state index in [9.17, 15) is 9.90 Å². The first-order valence-electron chi connectivity index (χ1n) is 5.71. The van der Waals surface area contributed by atoms with Crippen LogP contribution in [0.15, 0.2) is 30.3 Å². The Bertz CT molecular complexity index is 351. The normalized spacial score (nSPS) is 14.2. The van der Waals surface area contributed by atoms with Crippen molar-refractivity contribution in [1.29, 1.82) is 0 Å². The molecule has 4 heteroatoms.